The molecule has 0 saturated carbocycles. The number of carbonyl (C=O) groups excluding carboxylic acids is 4. The van der Waals surface area contributed by atoms with Crippen LogP contribution in [0.2, 0.25) is 0 Å². The zero-order chi connectivity index (χ0) is 15.9. The molecule has 0 spiro atoms. The van der Waals surface area contributed by atoms with E-state index in [1.165, 1.54) is 11.8 Å². The van der Waals surface area contributed by atoms with E-state index < -0.39 is 11.9 Å². The van der Waals surface area contributed by atoms with Gasteiger partial charge in [0.1, 0.15) is 6.04 Å². The first-order valence-corrected chi connectivity index (χ1v) is 7.01. The number of benzene rings is 1. The summed E-state index contributed by atoms with van der Waals surface area (Å²) in [7, 11) is 0. The van der Waals surface area contributed by atoms with Crippen molar-refractivity contribution in [2.45, 2.75) is 32.4 Å². The Hall–Kier alpha value is -2.70. The third kappa shape index (κ3) is 2.45. The molecule has 2 N–H and O–H groups in total. The van der Waals surface area contributed by atoms with Gasteiger partial charge in [-0.15, -0.1) is 0 Å². The third-order valence-electron chi connectivity index (χ3n) is 3.85. The quantitative estimate of drug-likeness (QED) is 0.773. The maximum absolute atomic E-state index is 12.5. The molecule has 22 heavy (non-hydrogen) atoms. The van der Waals surface area contributed by atoms with Crippen molar-refractivity contribution in [2.24, 2.45) is 0 Å². The summed E-state index contributed by atoms with van der Waals surface area (Å²) in [5.74, 6) is -1.21. The molecule has 4 amide bonds. The SMILES string of the molecule is CC(=O)Nc1ccc2c(c1)C(=O)N(C1CCC(=O)NC1=O)C2. The summed E-state index contributed by atoms with van der Waals surface area (Å²) < 4.78 is 0. The second-order valence-electron chi connectivity index (χ2n) is 5.45. The second kappa shape index (κ2) is 5.25. The smallest absolute Gasteiger partial charge is 0.255 e. The minimum Gasteiger partial charge on any atom is -0.326 e. The third-order valence-corrected chi connectivity index (χ3v) is 3.85. The summed E-state index contributed by atoms with van der Waals surface area (Å²) in [5.41, 5.74) is 1.84. The largest absolute Gasteiger partial charge is 0.326 e. The van der Waals surface area contributed by atoms with Crippen LogP contribution in [0.1, 0.15) is 35.7 Å². The molecule has 0 aromatic heterocycles. The Labute approximate surface area is 126 Å². The number of hydrogen-bond acceptors (Lipinski definition) is 4. The summed E-state index contributed by atoms with van der Waals surface area (Å²) in [5, 5.41) is 4.89. The molecule has 7 nitrogen and oxygen atoms in total. The van der Waals surface area contributed by atoms with Crippen molar-refractivity contribution in [3.05, 3.63) is 29.3 Å². The number of fused-ring (bicyclic) bond motifs is 1. The van der Waals surface area contributed by atoms with Crippen LogP contribution in [0.3, 0.4) is 0 Å². The molecular formula is C15H15N3O4. The maximum atomic E-state index is 12.5. The van der Waals surface area contributed by atoms with Gasteiger partial charge in [0.15, 0.2) is 0 Å². The summed E-state index contributed by atoms with van der Waals surface area (Å²) in [4.78, 5) is 48.2. The molecule has 1 aromatic carbocycles. The molecule has 114 valence electrons. The average Bonchev–Trinajstić information content (AvgIpc) is 2.75. The fourth-order valence-corrected chi connectivity index (χ4v) is 2.84. The first-order chi connectivity index (χ1) is 10.5. The van der Waals surface area contributed by atoms with Crippen molar-refractivity contribution < 1.29 is 19.2 Å². The molecule has 2 aliphatic rings. The second-order valence-corrected chi connectivity index (χ2v) is 5.45. The zero-order valence-electron chi connectivity index (χ0n) is 12.0. The molecule has 0 radical (unpaired) electrons. The van der Waals surface area contributed by atoms with Gasteiger partial charge in [0.05, 0.1) is 0 Å². The van der Waals surface area contributed by atoms with Crippen LogP contribution in [-0.2, 0) is 20.9 Å². The molecule has 1 atom stereocenters. The van der Waals surface area contributed by atoms with Crippen molar-refractivity contribution in [1.29, 1.82) is 0 Å². The van der Waals surface area contributed by atoms with Crippen molar-refractivity contribution in [3.8, 4) is 0 Å². The molecular weight excluding hydrogens is 286 g/mol. The van der Waals surface area contributed by atoms with Crippen molar-refractivity contribution >= 4 is 29.3 Å². The van der Waals surface area contributed by atoms with Crippen LogP contribution < -0.4 is 10.6 Å². The summed E-state index contributed by atoms with van der Waals surface area (Å²) in [6, 6.07) is 4.48. The lowest BCUT2D eigenvalue weighted by molar-refractivity contribution is -0.137. The van der Waals surface area contributed by atoms with E-state index >= 15 is 0 Å². The molecule has 3 rings (SSSR count). The molecule has 2 heterocycles. The summed E-state index contributed by atoms with van der Waals surface area (Å²) >= 11 is 0. The van der Waals surface area contributed by atoms with E-state index in [1.54, 1.807) is 18.2 Å². The van der Waals surface area contributed by atoms with Gasteiger partial charge in [-0.05, 0) is 24.1 Å². The number of anilines is 1. The van der Waals surface area contributed by atoms with E-state index in [4.69, 9.17) is 0 Å². The van der Waals surface area contributed by atoms with Crippen LogP contribution in [0, 0.1) is 0 Å². The summed E-state index contributed by atoms with van der Waals surface area (Å²) in [6.07, 6.45) is 0.566. The van der Waals surface area contributed by atoms with Crippen molar-refractivity contribution in [1.82, 2.24) is 10.2 Å². The van der Waals surface area contributed by atoms with Gasteiger partial charge in [-0.3, -0.25) is 24.5 Å². The number of nitrogens with one attached hydrogen (secondary N) is 2. The van der Waals surface area contributed by atoms with Crippen LogP contribution in [0.15, 0.2) is 18.2 Å². The Balaban J connectivity index is 1.83. The Morgan fingerprint density at radius 2 is 2.09 bits per heavy atom. The number of carbonyl (C=O) groups is 4. The highest BCUT2D eigenvalue weighted by molar-refractivity contribution is 6.06. The van der Waals surface area contributed by atoms with Gasteiger partial charge >= 0.3 is 0 Å². The lowest BCUT2D eigenvalue weighted by Crippen LogP contribution is -2.52. The van der Waals surface area contributed by atoms with Crippen LogP contribution in [0.4, 0.5) is 5.69 Å². The maximum Gasteiger partial charge on any atom is 0.255 e. The molecule has 0 aliphatic carbocycles. The number of hydrogen-bond donors (Lipinski definition) is 2. The molecule has 1 unspecified atom stereocenters. The van der Waals surface area contributed by atoms with Gasteiger partial charge in [0, 0.05) is 31.1 Å². The van der Waals surface area contributed by atoms with Crippen LogP contribution in [0.5, 0.6) is 0 Å². The predicted molar refractivity (Wildman–Crippen MR) is 76.8 cm³/mol. The Kier molecular flexibility index (Phi) is 3.40. The average molecular weight is 301 g/mol. The number of amides is 4. The first kappa shape index (κ1) is 14.2. The van der Waals surface area contributed by atoms with E-state index in [0.717, 1.165) is 5.56 Å². The molecule has 2 aliphatic heterocycles. The van der Waals surface area contributed by atoms with Crippen molar-refractivity contribution in [3.63, 3.8) is 0 Å². The first-order valence-electron chi connectivity index (χ1n) is 7.01. The van der Waals surface area contributed by atoms with E-state index in [2.05, 4.69) is 10.6 Å². The number of rotatable bonds is 2. The minimum absolute atomic E-state index is 0.215. The van der Waals surface area contributed by atoms with E-state index in [1.807, 2.05) is 0 Å². The Morgan fingerprint density at radius 1 is 1.32 bits per heavy atom. The molecule has 1 aromatic rings. The van der Waals surface area contributed by atoms with E-state index in [-0.39, 0.29) is 24.1 Å². The van der Waals surface area contributed by atoms with Crippen LogP contribution in [0.25, 0.3) is 0 Å². The molecule has 1 saturated heterocycles. The Bertz CT molecular complexity index is 698. The fourth-order valence-electron chi connectivity index (χ4n) is 2.84. The zero-order valence-corrected chi connectivity index (χ0v) is 12.0. The standard InChI is InChI=1S/C15H15N3O4/c1-8(19)16-10-3-2-9-7-18(15(22)11(9)6-10)12-4-5-13(20)17-14(12)21/h2-3,6,12H,4-5,7H2,1H3,(H,16,19)(H,17,20,21). The van der Waals surface area contributed by atoms with E-state index in [9.17, 15) is 19.2 Å². The van der Waals surface area contributed by atoms with Gasteiger partial charge in [-0.1, -0.05) is 6.07 Å². The molecule has 7 heteroatoms. The van der Waals surface area contributed by atoms with E-state index in [0.29, 0.717) is 24.2 Å². The number of imide groups is 1. The van der Waals surface area contributed by atoms with Crippen molar-refractivity contribution in [2.75, 3.05) is 5.32 Å². The van der Waals surface area contributed by atoms with Gasteiger partial charge < -0.3 is 10.2 Å². The lowest BCUT2D eigenvalue weighted by Gasteiger charge is -2.29. The monoisotopic (exact) mass is 301 g/mol. The van der Waals surface area contributed by atoms with Gasteiger partial charge in [0.2, 0.25) is 17.7 Å². The van der Waals surface area contributed by atoms with Crippen LogP contribution >= 0.6 is 0 Å². The van der Waals surface area contributed by atoms with Gasteiger partial charge in [-0.2, -0.15) is 0 Å². The fraction of sp³-hybridized carbons (Fsp3) is 0.333. The summed E-state index contributed by atoms with van der Waals surface area (Å²) in [6.45, 7) is 1.73. The highest BCUT2D eigenvalue weighted by Crippen LogP contribution is 2.29. The minimum atomic E-state index is -0.623. The topological polar surface area (TPSA) is 95.6 Å². The Morgan fingerprint density at radius 3 is 2.77 bits per heavy atom. The highest BCUT2D eigenvalue weighted by Gasteiger charge is 2.39. The number of nitrogens with zero attached hydrogens (tertiary/aromatic N) is 1. The highest BCUT2D eigenvalue weighted by atomic mass is 16.2. The van der Waals surface area contributed by atoms with Crippen LogP contribution in [-0.4, -0.2) is 34.6 Å². The van der Waals surface area contributed by atoms with Gasteiger partial charge in [0.25, 0.3) is 5.91 Å². The normalized spacial score (nSPS) is 20.7. The lowest BCUT2D eigenvalue weighted by atomic mass is 10.0. The van der Waals surface area contributed by atoms with Gasteiger partial charge in [-0.25, -0.2) is 0 Å². The molecule has 0 bridgehead atoms. The predicted octanol–water partition coefficient (Wildman–Crippen LogP) is 0.406. The molecule has 1 fully saturated rings. The number of piperidine rings is 1.